The zero-order valence-electron chi connectivity index (χ0n) is 11.1. The lowest BCUT2D eigenvalue weighted by atomic mass is 10.1. The summed E-state index contributed by atoms with van der Waals surface area (Å²) in [6.45, 7) is 5.94. The summed E-state index contributed by atoms with van der Waals surface area (Å²) < 4.78 is 9.68. The van der Waals surface area contributed by atoms with Crippen LogP contribution < -0.4 is 10.6 Å². The van der Waals surface area contributed by atoms with E-state index in [1.165, 1.54) is 7.11 Å². The number of rotatable bonds is 5. The molecule has 100 valence electrons. The largest absolute Gasteiger partial charge is 0.469 e. The van der Waals surface area contributed by atoms with Gasteiger partial charge < -0.3 is 20.1 Å². The molecule has 0 rings (SSSR count). The van der Waals surface area contributed by atoms with Crippen molar-refractivity contribution in [1.82, 2.24) is 10.6 Å². The van der Waals surface area contributed by atoms with Crippen LogP contribution in [0.4, 0.5) is 4.79 Å². The van der Waals surface area contributed by atoms with Crippen LogP contribution in [0.25, 0.3) is 0 Å². The summed E-state index contributed by atoms with van der Waals surface area (Å²) >= 11 is 0. The van der Waals surface area contributed by atoms with E-state index < -0.39 is 17.6 Å². The lowest BCUT2D eigenvalue weighted by Crippen LogP contribution is -2.40. The first kappa shape index (κ1) is 15.7. The molecule has 0 aromatic rings. The normalized spacial score (nSPS) is 12.8. The zero-order valence-corrected chi connectivity index (χ0v) is 11.1. The molecular weight excluding hydrogens is 224 g/mol. The molecule has 0 aromatic heterocycles. The number of amides is 1. The van der Waals surface area contributed by atoms with Crippen LogP contribution >= 0.6 is 0 Å². The molecule has 0 aliphatic heterocycles. The number of nitrogens with one attached hydrogen (secondary N) is 2. The van der Waals surface area contributed by atoms with Crippen molar-refractivity contribution in [2.45, 2.75) is 26.4 Å². The van der Waals surface area contributed by atoms with E-state index in [0.29, 0.717) is 6.54 Å². The minimum Gasteiger partial charge on any atom is -0.469 e. The minimum atomic E-state index is -0.548. The van der Waals surface area contributed by atoms with Crippen molar-refractivity contribution < 1.29 is 19.1 Å². The molecule has 1 unspecified atom stereocenters. The standard InChI is InChI=1S/C11H22N2O4/c1-11(2,3)17-10(15)13-7-8(6-12-4)9(14)16-5/h8,12H,6-7H2,1-5H3,(H,13,15). The fourth-order valence-electron chi connectivity index (χ4n) is 1.17. The highest BCUT2D eigenvalue weighted by Gasteiger charge is 2.21. The van der Waals surface area contributed by atoms with Crippen molar-refractivity contribution in [2.75, 3.05) is 27.2 Å². The Morgan fingerprint density at radius 3 is 2.24 bits per heavy atom. The van der Waals surface area contributed by atoms with Crippen LogP contribution in [0.1, 0.15) is 20.8 Å². The van der Waals surface area contributed by atoms with Crippen molar-refractivity contribution in [1.29, 1.82) is 0 Å². The van der Waals surface area contributed by atoms with E-state index in [1.54, 1.807) is 27.8 Å². The van der Waals surface area contributed by atoms with Crippen LogP contribution in [-0.4, -0.2) is 44.9 Å². The van der Waals surface area contributed by atoms with E-state index in [4.69, 9.17) is 4.74 Å². The third-order valence-electron chi connectivity index (χ3n) is 1.88. The number of carbonyl (C=O) groups excluding carboxylic acids is 2. The molecular formula is C11H22N2O4. The lowest BCUT2D eigenvalue weighted by Gasteiger charge is -2.21. The van der Waals surface area contributed by atoms with Gasteiger partial charge in [0.2, 0.25) is 0 Å². The lowest BCUT2D eigenvalue weighted by molar-refractivity contribution is -0.145. The van der Waals surface area contributed by atoms with E-state index in [1.807, 2.05) is 0 Å². The predicted octanol–water partition coefficient (Wildman–Crippen LogP) is 0.520. The molecule has 0 saturated heterocycles. The van der Waals surface area contributed by atoms with Crippen molar-refractivity contribution >= 4 is 12.1 Å². The molecule has 1 amide bonds. The Bertz CT molecular complexity index is 261. The van der Waals surface area contributed by atoms with Gasteiger partial charge in [-0.15, -0.1) is 0 Å². The van der Waals surface area contributed by atoms with Crippen LogP contribution in [-0.2, 0) is 14.3 Å². The maximum atomic E-state index is 11.4. The first-order valence-corrected chi connectivity index (χ1v) is 5.49. The van der Waals surface area contributed by atoms with Gasteiger partial charge in [0.25, 0.3) is 0 Å². The highest BCUT2D eigenvalue weighted by molar-refractivity contribution is 5.74. The number of alkyl carbamates (subject to hydrolysis) is 1. The van der Waals surface area contributed by atoms with E-state index in [0.717, 1.165) is 0 Å². The summed E-state index contributed by atoms with van der Waals surface area (Å²) in [7, 11) is 3.04. The number of carbonyl (C=O) groups is 2. The molecule has 0 aliphatic rings. The molecule has 0 spiro atoms. The van der Waals surface area contributed by atoms with Crippen molar-refractivity contribution in [3.63, 3.8) is 0 Å². The quantitative estimate of drug-likeness (QED) is 0.692. The minimum absolute atomic E-state index is 0.183. The molecule has 0 bridgehead atoms. The van der Waals surface area contributed by atoms with E-state index in [2.05, 4.69) is 15.4 Å². The van der Waals surface area contributed by atoms with Crippen LogP contribution in [0, 0.1) is 5.92 Å². The molecule has 0 saturated carbocycles. The number of esters is 1. The number of hydrogen-bond donors (Lipinski definition) is 2. The second kappa shape index (κ2) is 7.11. The highest BCUT2D eigenvalue weighted by Crippen LogP contribution is 2.06. The average molecular weight is 246 g/mol. The van der Waals surface area contributed by atoms with Crippen molar-refractivity contribution in [3.05, 3.63) is 0 Å². The number of ether oxygens (including phenoxy) is 2. The second-order valence-corrected chi connectivity index (χ2v) is 4.66. The van der Waals surface area contributed by atoms with Crippen LogP contribution in [0.2, 0.25) is 0 Å². The van der Waals surface area contributed by atoms with Gasteiger partial charge in [-0.2, -0.15) is 0 Å². The Labute approximate surface area is 102 Å². The Hall–Kier alpha value is -1.30. The Balaban J connectivity index is 4.13. The first-order chi connectivity index (χ1) is 7.80. The van der Waals surface area contributed by atoms with Gasteiger partial charge in [0.15, 0.2) is 0 Å². The fraction of sp³-hybridized carbons (Fsp3) is 0.818. The van der Waals surface area contributed by atoms with Gasteiger partial charge in [-0.25, -0.2) is 4.79 Å². The average Bonchev–Trinajstić information content (AvgIpc) is 2.20. The Morgan fingerprint density at radius 2 is 1.82 bits per heavy atom. The van der Waals surface area contributed by atoms with Gasteiger partial charge in [-0.3, -0.25) is 4.79 Å². The van der Waals surface area contributed by atoms with E-state index in [9.17, 15) is 9.59 Å². The third-order valence-corrected chi connectivity index (χ3v) is 1.88. The molecule has 1 atom stereocenters. The van der Waals surface area contributed by atoms with Gasteiger partial charge in [0.1, 0.15) is 5.60 Å². The Morgan fingerprint density at radius 1 is 1.24 bits per heavy atom. The summed E-state index contributed by atoms with van der Waals surface area (Å²) in [6.07, 6.45) is -0.539. The molecule has 0 aromatic carbocycles. The number of methoxy groups -OCH3 is 1. The van der Waals surface area contributed by atoms with Crippen molar-refractivity contribution in [3.8, 4) is 0 Å². The molecule has 0 radical (unpaired) electrons. The van der Waals surface area contributed by atoms with Gasteiger partial charge in [0, 0.05) is 13.1 Å². The molecule has 2 N–H and O–H groups in total. The molecule has 17 heavy (non-hydrogen) atoms. The Kier molecular flexibility index (Phi) is 6.57. The third kappa shape index (κ3) is 7.57. The summed E-state index contributed by atoms with van der Waals surface area (Å²) in [5.74, 6) is -0.784. The van der Waals surface area contributed by atoms with Crippen LogP contribution in [0.3, 0.4) is 0 Å². The van der Waals surface area contributed by atoms with Crippen LogP contribution in [0.15, 0.2) is 0 Å². The molecule has 0 heterocycles. The predicted molar refractivity (Wildman–Crippen MR) is 63.7 cm³/mol. The molecule has 6 heteroatoms. The smallest absolute Gasteiger partial charge is 0.407 e. The van der Waals surface area contributed by atoms with Gasteiger partial charge in [0.05, 0.1) is 13.0 Å². The van der Waals surface area contributed by atoms with Crippen LogP contribution in [0.5, 0.6) is 0 Å². The maximum absolute atomic E-state index is 11.4. The highest BCUT2D eigenvalue weighted by atomic mass is 16.6. The van der Waals surface area contributed by atoms with Gasteiger partial charge >= 0.3 is 12.1 Å². The second-order valence-electron chi connectivity index (χ2n) is 4.66. The summed E-state index contributed by atoms with van der Waals surface area (Å²) in [5.41, 5.74) is -0.548. The van der Waals surface area contributed by atoms with E-state index >= 15 is 0 Å². The zero-order chi connectivity index (χ0) is 13.5. The maximum Gasteiger partial charge on any atom is 0.407 e. The summed E-state index contributed by atoms with van der Waals surface area (Å²) in [5, 5.41) is 5.40. The van der Waals surface area contributed by atoms with Crippen molar-refractivity contribution in [2.24, 2.45) is 5.92 Å². The summed E-state index contributed by atoms with van der Waals surface area (Å²) in [6, 6.07) is 0. The molecule has 6 nitrogen and oxygen atoms in total. The molecule has 0 aliphatic carbocycles. The fourth-order valence-corrected chi connectivity index (χ4v) is 1.17. The van der Waals surface area contributed by atoms with E-state index in [-0.39, 0.29) is 12.5 Å². The SMILES string of the molecule is CNCC(CNC(=O)OC(C)(C)C)C(=O)OC. The monoisotopic (exact) mass is 246 g/mol. The first-order valence-electron chi connectivity index (χ1n) is 5.49. The van der Waals surface area contributed by atoms with Gasteiger partial charge in [-0.1, -0.05) is 0 Å². The van der Waals surface area contributed by atoms with Gasteiger partial charge in [-0.05, 0) is 27.8 Å². The topological polar surface area (TPSA) is 76.7 Å². The molecule has 0 fully saturated rings. The number of hydrogen-bond acceptors (Lipinski definition) is 5. The summed E-state index contributed by atoms with van der Waals surface area (Å²) in [4.78, 5) is 22.7.